The van der Waals surface area contributed by atoms with Crippen molar-refractivity contribution in [3.05, 3.63) is 30.0 Å². The van der Waals surface area contributed by atoms with Crippen molar-refractivity contribution in [3.8, 4) is 0 Å². The molecule has 0 radical (unpaired) electrons. The Bertz CT molecular complexity index is 535. The molecule has 1 aliphatic rings. The van der Waals surface area contributed by atoms with Gasteiger partial charge in [0.25, 0.3) is 0 Å². The number of aromatic nitrogens is 2. The zero-order valence-corrected chi connectivity index (χ0v) is 11.7. The van der Waals surface area contributed by atoms with E-state index in [1.807, 2.05) is 11.7 Å². The zero-order valence-electron chi connectivity index (χ0n) is 10.1. The highest BCUT2D eigenvalue weighted by Gasteiger charge is 2.37. The number of para-hydroxylation sites is 1. The second-order valence-corrected chi connectivity index (χ2v) is 5.81. The van der Waals surface area contributed by atoms with Gasteiger partial charge in [-0.2, -0.15) is 5.10 Å². The first-order chi connectivity index (χ1) is 8.24. The minimum atomic E-state index is 0.469. The molecule has 0 aliphatic heterocycles. The van der Waals surface area contributed by atoms with Crippen LogP contribution in [0.15, 0.2) is 24.3 Å². The van der Waals surface area contributed by atoms with Crippen molar-refractivity contribution in [2.45, 2.75) is 25.7 Å². The Morgan fingerprint density at radius 3 is 2.76 bits per heavy atom. The van der Waals surface area contributed by atoms with Crippen molar-refractivity contribution in [1.29, 1.82) is 0 Å². The van der Waals surface area contributed by atoms with Gasteiger partial charge in [0.15, 0.2) is 0 Å². The van der Waals surface area contributed by atoms with Gasteiger partial charge in [-0.05, 0) is 30.7 Å². The number of hydrogen-bond acceptors (Lipinski definition) is 1. The maximum Gasteiger partial charge on any atom is 0.0709 e. The van der Waals surface area contributed by atoms with Crippen LogP contribution in [0.25, 0.3) is 10.9 Å². The number of benzene rings is 1. The van der Waals surface area contributed by atoms with E-state index in [2.05, 4.69) is 40.2 Å². The van der Waals surface area contributed by atoms with Gasteiger partial charge < -0.3 is 0 Å². The van der Waals surface area contributed by atoms with E-state index < -0.39 is 0 Å². The van der Waals surface area contributed by atoms with E-state index in [1.54, 1.807) is 0 Å². The minimum Gasteiger partial charge on any atom is -0.268 e. The van der Waals surface area contributed by atoms with Crippen LogP contribution < -0.4 is 0 Å². The quantitative estimate of drug-likeness (QED) is 0.789. The fourth-order valence-electron chi connectivity index (χ4n) is 2.81. The molecule has 1 aliphatic carbocycles. The minimum absolute atomic E-state index is 0.469. The topological polar surface area (TPSA) is 17.8 Å². The molecule has 0 N–H and O–H groups in total. The van der Waals surface area contributed by atoms with Crippen molar-refractivity contribution >= 4 is 26.8 Å². The van der Waals surface area contributed by atoms with Crippen molar-refractivity contribution in [2.75, 3.05) is 5.33 Å². The third kappa shape index (κ3) is 1.81. The summed E-state index contributed by atoms with van der Waals surface area (Å²) in [5.74, 6) is 0. The number of aryl methyl sites for hydroxylation is 1. The number of nitrogens with zero attached hydrogens (tertiary/aromatic N) is 2. The molecule has 0 saturated heterocycles. The lowest BCUT2D eigenvalue weighted by Crippen LogP contribution is -2.33. The van der Waals surface area contributed by atoms with E-state index in [0.717, 1.165) is 11.8 Å². The highest BCUT2D eigenvalue weighted by Crippen LogP contribution is 2.45. The predicted octanol–water partition coefficient (Wildman–Crippen LogP) is 3.68. The SMILES string of the molecule is Cn1nc(CC2(CBr)CCC2)c2ccccc21. The van der Waals surface area contributed by atoms with Crippen molar-refractivity contribution < 1.29 is 0 Å². The van der Waals surface area contributed by atoms with E-state index in [4.69, 9.17) is 5.10 Å². The molecule has 0 bridgehead atoms. The molecule has 2 aromatic rings. The second kappa shape index (κ2) is 4.13. The smallest absolute Gasteiger partial charge is 0.0709 e. The van der Waals surface area contributed by atoms with E-state index in [0.29, 0.717) is 5.41 Å². The maximum absolute atomic E-state index is 4.70. The number of hydrogen-bond donors (Lipinski definition) is 0. The van der Waals surface area contributed by atoms with Gasteiger partial charge in [0.05, 0.1) is 11.2 Å². The summed E-state index contributed by atoms with van der Waals surface area (Å²) < 4.78 is 2.01. The lowest BCUT2D eigenvalue weighted by molar-refractivity contribution is 0.168. The number of fused-ring (bicyclic) bond motifs is 1. The summed E-state index contributed by atoms with van der Waals surface area (Å²) in [4.78, 5) is 0. The Kier molecular flexibility index (Phi) is 2.74. The molecule has 2 nitrogen and oxygen atoms in total. The van der Waals surface area contributed by atoms with Gasteiger partial charge in [-0.3, -0.25) is 4.68 Å². The van der Waals surface area contributed by atoms with Crippen molar-refractivity contribution in [1.82, 2.24) is 9.78 Å². The van der Waals surface area contributed by atoms with E-state index >= 15 is 0 Å². The fourth-order valence-corrected chi connectivity index (χ4v) is 3.57. The summed E-state index contributed by atoms with van der Waals surface area (Å²) in [7, 11) is 2.04. The lowest BCUT2D eigenvalue weighted by Gasteiger charge is -2.40. The Hall–Kier alpha value is -0.830. The Labute approximate surface area is 110 Å². The molecular weight excluding hydrogens is 276 g/mol. The van der Waals surface area contributed by atoms with E-state index in [1.165, 1.54) is 35.9 Å². The van der Waals surface area contributed by atoms with E-state index in [9.17, 15) is 0 Å². The van der Waals surface area contributed by atoms with Crippen LogP contribution in [0.5, 0.6) is 0 Å². The predicted molar refractivity (Wildman–Crippen MR) is 74.5 cm³/mol. The summed E-state index contributed by atoms with van der Waals surface area (Å²) in [5.41, 5.74) is 2.98. The van der Waals surface area contributed by atoms with Crippen LogP contribution in [0, 0.1) is 5.41 Å². The Morgan fingerprint density at radius 1 is 1.35 bits per heavy atom. The van der Waals surface area contributed by atoms with Gasteiger partial charge in [-0.15, -0.1) is 0 Å². The molecule has 17 heavy (non-hydrogen) atoms. The van der Waals surface area contributed by atoms with Crippen LogP contribution in [-0.4, -0.2) is 15.1 Å². The third-order valence-electron chi connectivity index (χ3n) is 4.07. The first-order valence-corrected chi connectivity index (χ1v) is 7.33. The molecule has 1 aromatic carbocycles. The van der Waals surface area contributed by atoms with Crippen molar-refractivity contribution in [3.63, 3.8) is 0 Å². The third-order valence-corrected chi connectivity index (χ3v) is 5.26. The summed E-state index contributed by atoms with van der Waals surface area (Å²) in [6.45, 7) is 0. The van der Waals surface area contributed by atoms with E-state index in [-0.39, 0.29) is 0 Å². The Balaban J connectivity index is 2.00. The molecule has 3 rings (SSSR count). The lowest BCUT2D eigenvalue weighted by atomic mass is 9.67. The van der Waals surface area contributed by atoms with Gasteiger partial charge in [0.2, 0.25) is 0 Å². The maximum atomic E-state index is 4.70. The average Bonchev–Trinajstić information content (AvgIpc) is 2.62. The summed E-state index contributed by atoms with van der Waals surface area (Å²) >= 11 is 3.68. The highest BCUT2D eigenvalue weighted by atomic mass is 79.9. The van der Waals surface area contributed by atoms with Gasteiger partial charge in [0, 0.05) is 17.8 Å². The van der Waals surface area contributed by atoms with Crippen LogP contribution in [0.3, 0.4) is 0 Å². The molecule has 1 aromatic heterocycles. The molecule has 0 atom stereocenters. The normalized spacial score (nSPS) is 18.2. The fraction of sp³-hybridized carbons (Fsp3) is 0.500. The highest BCUT2D eigenvalue weighted by molar-refractivity contribution is 9.09. The Morgan fingerprint density at radius 2 is 2.12 bits per heavy atom. The molecule has 1 saturated carbocycles. The van der Waals surface area contributed by atoms with Crippen LogP contribution in [-0.2, 0) is 13.5 Å². The van der Waals surface area contributed by atoms with Crippen LogP contribution in [0.1, 0.15) is 25.0 Å². The number of halogens is 1. The first kappa shape index (κ1) is 11.3. The van der Waals surface area contributed by atoms with Gasteiger partial charge in [-0.1, -0.05) is 40.5 Å². The van der Waals surface area contributed by atoms with Gasteiger partial charge >= 0.3 is 0 Å². The summed E-state index contributed by atoms with van der Waals surface area (Å²) in [5, 5.41) is 7.12. The summed E-state index contributed by atoms with van der Waals surface area (Å²) in [6.07, 6.45) is 5.16. The largest absolute Gasteiger partial charge is 0.268 e. The molecular formula is C14H17BrN2. The number of alkyl halides is 1. The summed E-state index contributed by atoms with van der Waals surface area (Å²) in [6, 6.07) is 8.53. The van der Waals surface area contributed by atoms with Crippen LogP contribution in [0.4, 0.5) is 0 Å². The van der Waals surface area contributed by atoms with Crippen LogP contribution in [0.2, 0.25) is 0 Å². The molecule has 0 unspecified atom stereocenters. The standard InChI is InChI=1S/C14H17BrN2/c1-17-13-6-3-2-5-11(13)12(16-17)9-14(10-15)7-4-8-14/h2-3,5-6H,4,7-10H2,1H3. The first-order valence-electron chi connectivity index (χ1n) is 6.21. The molecule has 1 fully saturated rings. The van der Waals surface area contributed by atoms with Gasteiger partial charge in [0.1, 0.15) is 0 Å². The molecule has 0 spiro atoms. The second-order valence-electron chi connectivity index (χ2n) is 5.25. The van der Waals surface area contributed by atoms with Crippen LogP contribution >= 0.6 is 15.9 Å². The molecule has 1 heterocycles. The average molecular weight is 293 g/mol. The molecule has 0 amide bonds. The van der Waals surface area contributed by atoms with Crippen molar-refractivity contribution in [2.24, 2.45) is 12.5 Å². The molecule has 3 heteroatoms. The number of rotatable bonds is 3. The monoisotopic (exact) mass is 292 g/mol. The molecule has 90 valence electrons. The zero-order chi connectivity index (χ0) is 11.9. The van der Waals surface area contributed by atoms with Gasteiger partial charge in [-0.25, -0.2) is 0 Å².